The van der Waals surface area contributed by atoms with Crippen LogP contribution in [-0.4, -0.2) is 36.5 Å². The quantitative estimate of drug-likeness (QED) is 0.947. The van der Waals surface area contributed by atoms with Crippen molar-refractivity contribution in [2.24, 2.45) is 5.92 Å². The molecule has 3 heterocycles. The molecule has 2 aromatic rings. The van der Waals surface area contributed by atoms with Crippen molar-refractivity contribution in [1.29, 1.82) is 0 Å². The van der Waals surface area contributed by atoms with Crippen LogP contribution < -0.4 is 5.32 Å². The van der Waals surface area contributed by atoms with Gasteiger partial charge in [0.15, 0.2) is 0 Å². The van der Waals surface area contributed by atoms with E-state index in [2.05, 4.69) is 24.1 Å². The van der Waals surface area contributed by atoms with Crippen LogP contribution in [0.4, 0.5) is 0 Å². The van der Waals surface area contributed by atoms with Crippen molar-refractivity contribution in [3.05, 3.63) is 35.6 Å². The Morgan fingerprint density at radius 2 is 2.23 bits per heavy atom. The number of carbonyl (C=O) groups is 1. The highest BCUT2D eigenvalue weighted by atomic mass is 16.3. The maximum Gasteiger partial charge on any atom is 0.251 e. The highest BCUT2D eigenvalue weighted by Crippen LogP contribution is 2.29. The van der Waals surface area contributed by atoms with E-state index in [9.17, 15) is 4.79 Å². The smallest absolute Gasteiger partial charge is 0.251 e. The molecule has 0 saturated carbocycles. The molecule has 1 aromatic carbocycles. The van der Waals surface area contributed by atoms with Crippen LogP contribution in [0.3, 0.4) is 0 Å². The molecule has 4 heteroatoms. The normalized spacial score (nSPS) is 27.0. The largest absolute Gasteiger partial charge is 0.464 e. The van der Waals surface area contributed by atoms with E-state index in [1.54, 1.807) is 6.26 Å². The molecule has 0 radical (unpaired) electrons. The number of carbonyl (C=O) groups excluding carboxylic acids is 1. The minimum atomic E-state index is 0.0168. The molecule has 2 bridgehead atoms. The van der Waals surface area contributed by atoms with Crippen molar-refractivity contribution in [2.45, 2.75) is 32.2 Å². The Hall–Kier alpha value is -1.81. The molecule has 3 atom stereocenters. The average Bonchev–Trinajstić information content (AvgIpc) is 3.20. The summed E-state index contributed by atoms with van der Waals surface area (Å²) in [5.41, 5.74) is 2.69. The second-order valence-corrected chi connectivity index (χ2v) is 6.94. The first-order valence-electron chi connectivity index (χ1n) is 8.16. The molecule has 116 valence electrons. The lowest BCUT2D eigenvalue weighted by Crippen LogP contribution is -2.43. The van der Waals surface area contributed by atoms with Crippen molar-refractivity contribution in [2.75, 3.05) is 19.6 Å². The number of rotatable bonds is 3. The van der Waals surface area contributed by atoms with Gasteiger partial charge in [0.05, 0.1) is 6.26 Å². The Morgan fingerprint density at radius 3 is 2.91 bits per heavy atom. The Morgan fingerprint density at radius 1 is 1.36 bits per heavy atom. The molecule has 1 amide bonds. The van der Waals surface area contributed by atoms with E-state index in [1.807, 2.05) is 18.2 Å². The fourth-order valence-corrected chi connectivity index (χ4v) is 3.84. The number of furan rings is 1. The molecule has 4 nitrogen and oxygen atoms in total. The first-order valence-corrected chi connectivity index (χ1v) is 8.16. The minimum Gasteiger partial charge on any atom is -0.464 e. The second-order valence-electron chi connectivity index (χ2n) is 6.94. The minimum absolute atomic E-state index is 0.0168. The first kappa shape index (κ1) is 13.8. The number of amides is 1. The van der Waals surface area contributed by atoms with Gasteiger partial charge >= 0.3 is 0 Å². The number of hydrogen-bond donors (Lipinski definition) is 1. The van der Waals surface area contributed by atoms with Crippen molar-refractivity contribution in [1.82, 2.24) is 10.2 Å². The second kappa shape index (κ2) is 5.13. The molecule has 2 saturated heterocycles. The third-order valence-corrected chi connectivity index (χ3v) is 5.14. The molecule has 0 spiro atoms. The van der Waals surface area contributed by atoms with Gasteiger partial charge in [-0.15, -0.1) is 0 Å². The number of nitrogens with zero attached hydrogens (tertiary/aromatic N) is 1. The van der Waals surface area contributed by atoms with E-state index in [-0.39, 0.29) is 5.91 Å². The average molecular weight is 298 g/mol. The van der Waals surface area contributed by atoms with Crippen molar-refractivity contribution < 1.29 is 9.21 Å². The van der Waals surface area contributed by atoms with E-state index in [0.29, 0.717) is 23.4 Å². The van der Waals surface area contributed by atoms with E-state index >= 15 is 0 Å². The van der Waals surface area contributed by atoms with Gasteiger partial charge in [0.2, 0.25) is 0 Å². The van der Waals surface area contributed by atoms with Gasteiger partial charge in [0.1, 0.15) is 5.58 Å². The van der Waals surface area contributed by atoms with E-state index in [1.165, 1.54) is 18.5 Å². The summed E-state index contributed by atoms with van der Waals surface area (Å²) >= 11 is 0. The number of hydrogen-bond acceptors (Lipinski definition) is 3. The fourth-order valence-electron chi connectivity index (χ4n) is 3.84. The molecule has 22 heavy (non-hydrogen) atoms. The zero-order valence-corrected chi connectivity index (χ0v) is 13.1. The Bertz CT molecular complexity index is 719. The van der Waals surface area contributed by atoms with Gasteiger partial charge in [-0.05, 0) is 36.9 Å². The summed E-state index contributed by atoms with van der Waals surface area (Å²) in [5.74, 6) is 1.07. The summed E-state index contributed by atoms with van der Waals surface area (Å²) in [4.78, 5) is 14.9. The Kier molecular flexibility index (Phi) is 3.22. The van der Waals surface area contributed by atoms with Crippen LogP contribution in [0.5, 0.6) is 0 Å². The van der Waals surface area contributed by atoms with E-state index in [4.69, 9.17) is 4.42 Å². The third-order valence-electron chi connectivity index (χ3n) is 5.14. The lowest BCUT2D eigenvalue weighted by atomic mass is 9.99. The maximum atomic E-state index is 12.5. The van der Waals surface area contributed by atoms with Gasteiger partial charge in [-0.3, -0.25) is 4.79 Å². The zero-order valence-electron chi connectivity index (χ0n) is 13.1. The van der Waals surface area contributed by atoms with Crippen LogP contribution in [-0.2, 0) is 0 Å². The van der Waals surface area contributed by atoms with Gasteiger partial charge in [-0.2, -0.15) is 0 Å². The molecule has 0 aliphatic carbocycles. The summed E-state index contributed by atoms with van der Waals surface area (Å²) in [7, 11) is 0. The van der Waals surface area contributed by atoms with E-state index in [0.717, 1.165) is 24.1 Å². The van der Waals surface area contributed by atoms with Crippen LogP contribution in [0.25, 0.3) is 11.0 Å². The summed E-state index contributed by atoms with van der Waals surface area (Å²) in [6.07, 6.45) is 3.01. The van der Waals surface area contributed by atoms with Crippen LogP contribution in [0, 0.1) is 5.92 Å². The Balaban J connectivity index is 1.54. The van der Waals surface area contributed by atoms with Gasteiger partial charge < -0.3 is 14.6 Å². The fraction of sp³-hybridized carbons (Fsp3) is 0.500. The van der Waals surface area contributed by atoms with Gasteiger partial charge in [-0.25, -0.2) is 0 Å². The van der Waals surface area contributed by atoms with Crippen molar-refractivity contribution in [3.8, 4) is 0 Å². The molecule has 2 fully saturated rings. The summed E-state index contributed by atoms with van der Waals surface area (Å²) in [6.45, 7) is 7.62. The van der Waals surface area contributed by atoms with Crippen LogP contribution in [0.1, 0.15) is 42.1 Å². The predicted octanol–water partition coefficient (Wildman–Crippen LogP) is 2.99. The van der Waals surface area contributed by atoms with Gasteiger partial charge in [0, 0.05) is 35.6 Å². The monoisotopic (exact) mass is 298 g/mol. The summed E-state index contributed by atoms with van der Waals surface area (Å²) in [6, 6.07) is 6.09. The van der Waals surface area contributed by atoms with Crippen molar-refractivity contribution in [3.63, 3.8) is 0 Å². The van der Waals surface area contributed by atoms with Crippen LogP contribution in [0.2, 0.25) is 0 Å². The maximum absolute atomic E-state index is 12.5. The molecule has 4 rings (SSSR count). The lowest BCUT2D eigenvalue weighted by molar-refractivity contribution is 0.0924. The summed E-state index contributed by atoms with van der Waals surface area (Å²) in [5, 5.41) is 4.31. The third kappa shape index (κ3) is 2.22. The standard InChI is InChI=1S/C18H22N2O2/c1-11(2)15-10-22-17-7-12(3-4-14(15)17)18(21)19-16-9-20-6-5-13(16)8-20/h3-4,7,10-11,13,16H,5-6,8-9H2,1-2H3,(H,19,21)/t13-,16?/m1/s1. The highest BCUT2D eigenvalue weighted by Gasteiger charge is 2.38. The van der Waals surface area contributed by atoms with Gasteiger partial charge in [0.25, 0.3) is 5.91 Å². The molecule has 1 aromatic heterocycles. The topological polar surface area (TPSA) is 45.5 Å². The molecule has 1 N–H and O–H groups in total. The number of nitrogens with one attached hydrogen (secondary N) is 1. The first-order chi connectivity index (χ1) is 10.6. The van der Waals surface area contributed by atoms with E-state index < -0.39 is 0 Å². The molecular weight excluding hydrogens is 276 g/mol. The van der Waals surface area contributed by atoms with Crippen LogP contribution in [0.15, 0.2) is 28.9 Å². The zero-order chi connectivity index (χ0) is 15.3. The number of piperidine rings is 1. The van der Waals surface area contributed by atoms with Crippen LogP contribution >= 0.6 is 0 Å². The SMILES string of the molecule is CC(C)c1coc2cc(C(=O)NC3CN4CC[C@@H]3C4)ccc12. The lowest BCUT2D eigenvalue weighted by Gasteiger charge is -2.23. The highest BCUT2D eigenvalue weighted by molar-refractivity contribution is 5.98. The number of benzene rings is 1. The molecule has 2 aliphatic rings. The molecule has 2 aliphatic heterocycles. The molecule has 2 unspecified atom stereocenters. The van der Waals surface area contributed by atoms with Gasteiger partial charge in [-0.1, -0.05) is 19.9 Å². The number of fused-ring (bicyclic) bond motifs is 3. The van der Waals surface area contributed by atoms with Crippen molar-refractivity contribution >= 4 is 16.9 Å². The predicted molar refractivity (Wildman–Crippen MR) is 86.1 cm³/mol. The summed E-state index contributed by atoms with van der Waals surface area (Å²) < 4.78 is 5.63. The Labute approximate surface area is 130 Å². The molecular formula is C18H22N2O2.